The van der Waals surface area contributed by atoms with Gasteiger partial charge < -0.3 is 0 Å². The summed E-state index contributed by atoms with van der Waals surface area (Å²) in [5.41, 5.74) is 1.71. The highest BCUT2D eigenvalue weighted by molar-refractivity contribution is 6.83. The fourth-order valence-corrected chi connectivity index (χ4v) is 4.56. The molecule has 0 aromatic heterocycles. The summed E-state index contributed by atoms with van der Waals surface area (Å²) in [5.74, 6) is 0. The van der Waals surface area contributed by atoms with E-state index < -0.39 is 8.07 Å². The molecule has 0 aliphatic rings. The Hall–Kier alpha value is -0.303. The Labute approximate surface area is 142 Å². The van der Waals surface area contributed by atoms with Crippen molar-refractivity contribution in [3.63, 3.8) is 0 Å². The number of hydrogen-bond donors (Lipinski definition) is 0. The first-order valence-electron chi connectivity index (χ1n) is 9.83. The van der Waals surface area contributed by atoms with Crippen LogP contribution in [-0.2, 0) is 0 Å². The second-order valence-electron chi connectivity index (χ2n) is 7.73. The molecule has 0 saturated carbocycles. The molecule has 0 aliphatic heterocycles. The molecule has 0 bridgehead atoms. The van der Waals surface area contributed by atoms with E-state index in [4.69, 9.17) is 0 Å². The smallest absolute Gasteiger partial charge is 0.0720 e. The van der Waals surface area contributed by atoms with E-state index in [0.29, 0.717) is 0 Å². The fraction of sp³-hybridized carbons (Fsp3) is 0.810. The predicted octanol–water partition coefficient (Wildman–Crippen LogP) is 8.07. The van der Waals surface area contributed by atoms with Crippen molar-refractivity contribution in [3.05, 3.63) is 22.9 Å². The molecule has 1 heteroatoms. The van der Waals surface area contributed by atoms with Crippen LogP contribution in [0.3, 0.4) is 0 Å². The second kappa shape index (κ2) is 13.2. The summed E-state index contributed by atoms with van der Waals surface area (Å²) < 4.78 is 0. The van der Waals surface area contributed by atoms with Gasteiger partial charge in [0.05, 0.1) is 8.07 Å². The minimum atomic E-state index is -1.14. The fourth-order valence-electron chi connectivity index (χ4n) is 2.92. The molecule has 0 aromatic carbocycles. The van der Waals surface area contributed by atoms with Crippen molar-refractivity contribution in [2.75, 3.05) is 0 Å². The van der Waals surface area contributed by atoms with Gasteiger partial charge in [0.2, 0.25) is 0 Å². The third-order valence-corrected chi connectivity index (χ3v) is 6.80. The van der Waals surface area contributed by atoms with Crippen molar-refractivity contribution in [2.24, 2.45) is 0 Å². The van der Waals surface area contributed by atoms with Gasteiger partial charge in [-0.3, -0.25) is 0 Å². The van der Waals surface area contributed by atoms with Gasteiger partial charge in [0.25, 0.3) is 0 Å². The van der Waals surface area contributed by atoms with Gasteiger partial charge in [0, 0.05) is 0 Å². The maximum absolute atomic E-state index is 2.62. The number of allylic oxidation sites excluding steroid dienone is 4. The molecule has 0 saturated heterocycles. The minimum Gasteiger partial charge on any atom is -0.0892 e. The van der Waals surface area contributed by atoms with Gasteiger partial charge in [-0.15, -0.1) is 0 Å². The minimum absolute atomic E-state index is 1.14. The van der Waals surface area contributed by atoms with Crippen molar-refractivity contribution in [3.8, 4) is 0 Å². The lowest BCUT2D eigenvalue weighted by molar-refractivity contribution is 0.673. The van der Waals surface area contributed by atoms with Gasteiger partial charge in [-0.05, 0) is 38.5 Å². The molecule has 0 amide bonds. The van der Waals surface area contributed by atoms with Gasteiger partial charge in [0.15, 0.2) is 0 Å². The first kappa shape index (κ1) is 21.7. The van der Waals surface area contributed by atoms with Crippen LogP contribution in [-0.4, -0.2) is 8.07 Å². The van der Waals surface area contributed by atoms with Crippen molar-refractivity contribution in [1.29, 1.82) is 0 Å². The third-order valence-electron chi connectivity index (χ3n) is 4.42. The van der Waals surface area contributed by atoms with E-state index in [2.05, 4.69) is 52.6 Å². The Morgan fingerprint density at radius 3 is 1.95 bits per heavy atom. The van der Waals surface area contributed by atoms with E-state index in [-0.39, 0.29) is 0 Å². The van der Waals surface area contributed by atoms with Crippen LogP contribution < -0.4 is 0 Å². The van der Waals surface area contributed by atoms with Crippen molar-refractivity contribution in [1.82, 2.24) is 0 Å². The van der Waals surface area contributed by atoms with Crippen LogP contribution in [0, 0.1) is 0 Å². The molecule has 0 aromatic rings. The predicted molar refractivity (Wildman–Crippen MR) is 107 cm³/mol. The lowest BCUT2D eigenvalue weighted by atomic mass is 10.0. The van der Waals surface area contributed by atoms with E-state index in [0.717, 1.165) is 0 Å². The summed E-state index contributed by atoms with van der Waals surface area (Å²) >= 11 is 0. The maximum atomic E-state index is 2.62. The average molecular weight is 323 g/mol. The molecular weight excluding hydrogens is 280 g/mol. The molecule has 0 N–H and O–H groups in total. The Morgan fingerprint density at radius 2 is 1.41 bits per heavy atom. The van der Waals surface area contributed by atoms with Crippen LogP contribution in [0.25, 0.3) is 0 Å². The van der Waals surface area contributed by atoms with E-state index in [1.807, 2.05) is 5.20 Å². The molecule has 0 radical (unpaired) electrons. The molecule has 0 spiro atoms. The Morgan fingerprint density at radius 1 is 0.682 bits per heavy atom. The van der Waals surface area contributed by atoms with E-state index in [1.165, 1.54) is 70.6 Å². The molecule has 130 valence electrons. The number of hydrogen-bond acceptors (Lipinski definition) is 0. The first-order chi connectivity index (χ1) is 10.5. The molecule has 0 fully saturated rings. The van der Waals surface area contributed by atoms with Crippen LogP contribution in [0.5, 0.6) is 0 Å². The maximum Gasteiger partial charge on any atom is 0.0720 e. The molecule has 0 unspecified atom stereocenters. The van der Waals surface area contributed by atoms with Crippen LogP contribution in [0.4, 0.5) is 0 Å². The van der Waals surface area contributed by atoms with Gasteiger partial charge in [0.1, 0.15) is 0 Å². The third kappa shape index (κ3) is 11.3. The van der Waals surface area contributed by atoms with Gasteiger partial charge >= 0.3 is 0 Å². The largest absolute Gasteiger partial charge is 0.0892 e. The van der Waals surface area contributed by atoms with Crippen LogP contribution in [0.2, 0.25) is 19.6 Å². The zero-order valence-corrected chi connectivity index (χ0v) is 17.4. The molecule has 0 rings (SSSR count). The van der Waals surface area contributed by atoms with E-state index >= 15 is 0 Å². The molecule has 0 heterocycles. The summed E-state index contributed by atoms with van der Waals surface area (Å²) in [6, 6.07) is 0. The van der Waals surface area contributed by atoms with Crippen LogP contribution in [0.15, 0.2) is 22.9 Å². The van der Waals surface area contributed by atoms with Crippen LogP contribution in [0.1, 0.15) is 91.4 Å². The summed E-state index contributed by atoms with van der Waals surface area (Å²) in [6.45, 7) is 14.4. The Balaban J connectivity index is 4.54. The Kier molecular flexibility index (Phi) is 13.0. The molecule has 0 aliphatic carbocycles. The average Bonchev–Trinajstić information content (AvgIpc) is 2.46. The second-order valence-corrected chi connectivity index (χ2v) is 12.9. The SMILES string of the molecule is CCC/C=C(\CCC)CC/C(=C/CCCCCC)[Si](C)(C)C. The quantitative estimate of drug-likeness (QED) is 0.183. The zero-order valence-electron chi connectivity index (χ0n) is 16.4. The summed E-state index contributed by atoms with van der Waals surface area (Å²) in [7, 11) is -1.14. The van der Waals surface area contributed by atoms with E-state index in [9.17, 15) is 0 Å². The molecule has 22 heavy (non-hydrogen) atoms. The van der Waals surface area contributed by atoms with Crippen molar-refractivity contribution >= 4 is 8.07 Å². The lowest BCUT2D eigenvalue weighted by Gasteiger charge is -2.22. The van der Waals surface area contributed by atoms with Gasteiger partial charge in [-0.2, -0.15) is 0 Å². The normalized spacial score (nSPS) is 13.7. The Bertz CT molecular complexity index is 317. The van der Waals surface area contributed by atoms with Crippen molar-refractivity contribution < 1.29 is 0 Å². The molecule has 0 nitrogen and oxygen atoms in total. The number of unbranched alkanes of at least 4 members (excludes halogenated alkanes) is 5. The summed E-state index contributed by atoms with van der Waals surface area (Å²) in [6.07, 6.45) is 19.7. The first-order valence-corrected chi connectivity index (χ1v) is 13.3. The standard InChI is InChI=1S/C21H42Si/c1-7-10-12-13-14-17-21(22(4,5)6)19-18-20(15-9-3)16-11-8-2/h16-17H,7-15,18-19H2,1-6H3/b20-16+,21-17-. The van der Waals surface area contributed by atoms with Crippen molar-refractivity contribution in [2.45, 2.75) is 111 Å². The monoisotopic (exact) mass is 322 g/mol. The summed E-state index contributed by atoms with van der Waals surface area (Å²) in [4.78, 5) is 0. The van der Waals surface area contributed by atoms with Gasteiger partial charge in [-0.1, -0.05) is 95.4 Å². The highest BCUT2D eigenvalue weighted by atomic mass is 28.3. The highest BCUT2D eigenvalue weighted by Crippen LogP contribution is 2.25. The zero-order chi connectivity index (χ0) is 16.8. The lowest BCUT2D eigenvalue weighted by Crippen LogP contribution is -2.24. The molecular formula is C21H42Si. The van der Waals surface area contributed by atoms with Crippen LogP contribution >= 0.6 is 0 Å². The summed E-state index contributed by atoms with van der Waals surface area (Å²) in [5, 5.41) is 1.81. The molecule has 0 atom stereocenters. The topological polar surface area (TPSA) is 0 Å². The van der Waals surface area contributed by atoms with E-state index in [1.54, 1.807) is 5.57 Å². The number of rotatable bonds is 13. The van der Waals surface area contributed by atoms with Gasteiger partial charge in [-0.25, -0.2) is 0 Å². The highest BCUT2D eigenvalue weighted by Gasteiger charge is 2.19.